The summed E-state index contributed by atoms with van der Waals surface area (Å²) in [7, 11) is 0. The monoisotopic (exact) mass is 253 g/mol. The highest BCUT2D eigenvalue weighted by Gasteiger charge is 2.08. The molecule has 1 aromatic heterocycles. The minimum atomic E-state index is -0.214. The zero-order valence-corrected chi connectivity index (χ0v) is 10.4. The third-order valence-electron chi connectivity index (χ3n) is 2.25. The van der Waals surface area contributed by atoms with Gasteiger partial charge in [-0.25, -0.2) is 9.37 Å². The van der Waals surface area contributed by atoms with E-state index >= 15 is 0 Å². The highest BCUT2D eigenvalue weighted by Crippen LogP contribution is 2.24. The number of thiol groups is 1. The summed E-state index contributed by atoms with van der Waals surface area (Å²) in [6.07, 6.45) is 1.93. The van der Waals surface area contributed by atoms with Crippen molar-refractivity contribution in [2.75, 3.05) is 5.75 Å². The molecule has 16 heavy (non-hydrogen) atoms. The molecule has 0 spiro atoms. The Kier molecular flexibility index (Phi) is 3.96. The summed E-state index contributed by atoms with van der Waals surface area (Å²) >= 11 is 5.74. The van der Waals surface area contributed by atoms with Crippen LogP contribution in [0.5, 0.6) is 0 Å². The van der Waals surface area contributed by atoms with E-state index in [1.807, 2.05) is 11.4 Å². The van der Waals surface area contributed by atoms with Gasteiger partial charge in [-0.05, 0) is 24.3 Å². The summed E-state index contributed by atoms with van der Waals surface area (Å²) in [5, 5.41) is 2.96. The predicted octanol–water partition coefficient (Wildman–Crippen LogP) is 3.81. The topological polar surface area (TPSA) is 12.9 Å². The highest BCUT2D eigenvalue weighted by molar-refractivity contribution is 7.80. The summed E-state index contributed by atoms with van der Waals surface area (Å²) < 4.78 is 13.5. The SMILES string of the molecule is Fc1ccccc1-c1csc(CCCS)n1. The minimum Gasteiger partial charge on any atom is -0.241 e. The Morgan fingerprint density at radius 1 is 1.31 bits per heavy atom. The molecule has 0 amide bonds. The second-order valence-electron chi connectivity index (χ2n) is 3.43. The molecule has 1 nitrogen and oxygen atoms in total. The molecule has 0 aliphatic carbocycles. The number of aryl methyl sites for hydroxylation is 1. The lowest BCUT2D eigenvalue weighted by atomic mass is 10.1. The summed E-state index contributed by atoms with van der Waals surface area (Å²) in [6.45, 7) is 0. The van der Waals surface area contributed by atoms with E-state index in [-0.39, 0.29) is 5.82 Å². The molecule has 4 heteroatoms. The number of benzene rings is 1. The van der Waals surface area contributed by atoms with Crippen LogP contribution < -0.4 is 0 Å². The standard InChI is InChI=1S/C12H12FNS2/c13-10-5-2-1-4-9(10)11-8-16-12(14-11)6-3-7-15/h1-2,4-5,8,15H,3,6-7H2. The lowest BCUT2D eigenvalue weighted by molar-refractivity contribution is 0.631. The summed E-state index contributed by atoms with van der Waals surface area (Å²) in [6, 6.07) is 6.73. The van der Waals surface area contributed by atoms with Crippen molar-refractivity contribution in [3.05, 3.63) is 40.5 Å². The minimum absolute atomic E-state index is 0.214. The zero-order valence-electron chi connectivity index (χ0n) is 8.69. The van der Waals surface area contributed by atoms with Gasteiger partial charge in [0, 0.05) is 17.4 Å². The number of aromatic nitrogens is 1. The molecule has 1 aromatic carbocycles. The van der Waals surface area contributed by atoms with Gasteiger partial charge in [0.25, 0.3) is 0 Å². The molecule has 2 rings (SSSR count). The highest BCUT2D eigenvalue weighted by atomic mass is 32.1. The van der Waals surface area contributed by atoms with E-state index in [0.29, 0.717) is 5.56 Å². The fraction of sp³-hybridized carbons (Fsp3) is 0.250. The van der Waals surface area contributed by atoms with Gasteiger partial charge in [-0.1, -0.05) is 12.1 Å². The molecular formula is C12H12FNS2. The number of rotatable bonds is 4. The van der Waals surface area contributed by atoms with Crippen molar-refractivity contribution in [1.82, 2.24) is 4.98 Å². The van der Waals surface area contributed by atoms with Crippen LogP contribution in [0.4, 0.5) is 4.39 Å². The van der Waals surface area contributed by atoms with Gasteiger partial charge >= 0.3 is 0 Å². The molecule has 0 unspecified atom stereocenters. The van der Waals surface area contributed by atoms with E-state index in [9.17, 15) is 4.39 Å². The Morgan fingerprint density at radius 3 is 2.88 bits per heavy atom. The maximum atomic E-state index is 13.5. The van der Waals surface area contributed by atoms with Gasteiger partial charge in [0.1, 0.15) is 5.82 Å². The predicted molar refractivity (Wildman–Crippen MR) is 69.7 cm³/mol. The number of nitrogens with zero attached hydrogens (tertiary/aromatic N) is 1. The molecule has 0 bridgehead atoms. The lowest BCUT2D eigenvalue weighted by Crippen LogP contribution is -1.87. The van der Waals surface area contributed by atoms with Crippen molar-refractivity contribution < 1.29 is 4.39 Å². The summed E-state index contributed by atoms with van der Waals surface area (Å²) in [5.41, 5.74) is 1.31. The van der Waals surface area contributed by atoms with Crippen LogP contribution in [-0.2, 0) is 6.42 Å². The van der Waals surface area contributed by atoms with Crippen LogP contribution in [0, 0.1) is 5.82 Å². The first-order chi connectivity index (χ1) is 7.81. The van der Waals surface area contributed by atoms with Gasteiger partial charge < -0.3 is 0 Å². The lowest BCUT2D eigenvalue weighted by Gasteiger charge is -1.97. The van der Waals surface area contributed by atoms with Crippen molar-refractivity contribution >= 4 is 24.0 Å². The third kappa shape index (κ3) is 2.62. The van der Waals surface area contributed by atoms with Gasteiger partial charge in [-0.15, -0.1) is 11.3 Å². The van der Waals surface area contributed by atoms with E-state index in [1.54, 1.807) is 23.5 Å². The molecule has 0 aliphatic rings. The number of halogens is 1. The van der Waals surface area contributed by atoms with Gasteiger partial charge in [0.15, 0.2) is 0 Å². The van der Waals surface area contributed by atoms with Crippen molar-refractivity contribution in [3.63, 3.8) is 0 Å². The van der Waals surface area contributed by atoms with E-state index in [2.05, 4.69) is 17.6 Å². The molecule has 84 valence electrons. The molecule has 2 aromatic rings. The average molecular weight is 253 g/mol. The van der Waals surface area contributed by atoms with Crippen LogP contribution in [0.25, 0.3) is 11.3 Å². The third-order valence-corrected chi connectivity index (χ3v) is 3.48. The average Bonchev–Trinajstić information content (AvgIpc) is 2.75. The maximum absolute atomic E-state index is 13.5. The van der Waals surface area contributed by atoms with Crippen molar-refractivity contribution in [3.8, 4) is 11.3 Å². The van der Waals surface area contributed by atoms with E-state index in [4.69, 9.17) is 0 Å². The first kappa shape index (κ1) is 11.6. The quantitative estimate of drug-likeness (QED) is 0.817. The Labute approximate surface area is 104 Å². The molecule has 0 atom stereocenters. The largest absolute Gasteiger partial charge is 0.241 e. The van der Waals surface area contributed by atoms with Gasteiger partial charge in [-0.2, -0.15) is 12.6 Å². The summed E-state index contributed by atoms with van der Waals surface area (Å²) in [4.78, 5) is 4.42. The van der Waals surface area contributed by atoms with Crippen LogP contribution in [-0.4, -0.2) is 10.7 Å². The number of thiazole rings is 1. The molecule has 0 radical (unpaired) electrons. The van der Waals surface area contributed by atoms with Crippen LogP contribution in [0.1, 0.15) is 11.4 Å². The zero-order chi connectivity index (χ0) is 11.4. The molecule has 0 saturated heterocycles. The van der Waals surface area contributed by atoms with Crippen molar-refractivity contribution in [2.45, 2.75) is 12.8 Å². The smallest absolute Gasteiger partial charge is 0.132 e. The van der Waals surface area contributed by atoms with Crippen LogP contribution in [0.15, 0.2) is 29.6 Å². The second-order valence-corrected chi connectivity index (χ2v) is 4.82. The number of hydrogen-bond donors (Lipinski definition) is 1. The number of hydrogen-bond acceptors (Lipinski definition) is 3. The van der Waals surface area contributed by atoms with Crippen LogP contribution in [0.3, 0.4) is 0 Å². The fourth-order valence-electron chi connectivity index (χ4n) is 1.45. The Morgan fingerprint density at radius 2 is 2.12 bits per heavy atom. The fourth-order valence-corrected chi connectivity index (χ4v) is 2.45. The molecule has 1 heterocycles. The van der Waals surface area contributed by atoms with E-state index in [1.165, 1.54) is 6.07 Å². The van der Waals surface area contributed by atoms with Gasteiger partial charge in [-0.3, -0.25) is 0 Å². The molecule has 0 N–H and O–H groups in total. The van der Waals surface area contributed by atoms with E-state index in [0.717, 1.165) is 29.3 Å². The van der Waals surface area contributed by atoms with Crippen LogP contribution in [0.2, 0.25) is 0 Å². The molecular weight excluding hydrogens is 241 g/mol. The molecule has 0 fully saturated rings. The summed E-state index contributed by atoms with van der Waals surface area (Å²) in [5.74, 6) is 0.641. The Bertz CT molecular complexity index is 468. The molecule has 0 aliphatic heterocycles. The first-order valence-corrected chi connectivity index (χ1v) is 6.62. The maximum Gasteiger partial charge on any atom is 0.132 e. The second kappa shape index (κ2) is 5.46. The van der Waals surface area contributed by atoms with Crippen molar-refractivity contribution in [1.29, 1.82) is 0 Å². The first-order valence-electron chi connectivity index (χ1n) is 5.11. The molecule has 0 saturated carbocycles. The Hall–Kier alpha value is -0.870. The Balaban J connectivity index is 2.22. The van der Waals surface area contributed by atoms with E-state index < -0.39 is 0 Å². The van der Waals surface area contributed by atoms with Crippen LogP contribution >= 0.6 is 24.0 Å². The van der Waals surface area contributed by atoms with Gasteiger partial charge in [0.2, 0.25) is 0 Å². The van der Waals surface area contributed by atoms with Gasteiger partial charge in [0.05, 0.1) is 10.7 Å². The normalized spacial score (nSPS) is 10.6. The van der Waals surface area contributed by atoms with Crippen molar-refractivity contribution in [2.24, 2.45) is 0 Å².